The van der Waals surface area contributed by atoms with Crippen LogP contribution in [0.5, 0.6) is 0 Å². The summed E-state index contributed by atoms with van der Waals surface area (Å²) < 4.78 is 13.7. The Morgan fingerprint density at radius 2 is 2.40 bits per heavy atom. The highest BCUT2D eigenvalue weighted by atomic mass is 35.5. The van der Waals surface area contributed by atoms with Gasteiger partial charge in [0.05, 0.1) is 28.4 Å². The van der Waals surface area contributed by atoms with Crippen molar-refractivity contribution in [2.75, 3.05) is 17.6 Å². The predicted molar refractivity (Wildman–Crippen MR) is 80.0 cm³/mol. The van der Waals surface area contributed by atoms with Crippen LogP contribution in [0.4, 0.5) is 10.1 Å². The number of nitrogens with zero attached hydrogens (tertiary/aromatic N) is 1. The number of benzene rings is 1. The maximum atomic E-state index is 13.7. The Hall–Kier alpha value is -1.11. The van der Waals surface area contributed by atoms with Crippen LogP contribution in [0.15, 0.2) is 23.2 Å². The Bertz CT molecular complexity index is 553. The fourth-order valence-corrected chi connectivity index (χ4v) is 3.01. The van der Waals surface area contributed by atoms with Crippen LogP contribution in [0.25, 0.3) is 0 Å². The van der Waals surface area contributed by atoms with Gasteiger partial charge in [0.25, 0.3) is 0 Å². The molecule has 1 aromatic carbocycles. The molecular formula is C13H14ClFN2O2S. The maximum absolute atomic E-state index is 13.7. The summed E-state index contributed by atoms with van der Waals surface area (Å²) in [7, 11) is 0. The number of aliphatic imine (C=N–C) groups is 1. The number of anilines is 1. The largest absolute Gasteiger partial charge is 0.390 e. The molecule has 2 N–H and O–H groups in total. The maximum Gasteiger partial charge on any atom is 0.236 e. The van der Waals surface area contributed by atoms with E-state index in [-0.39, 0.29) is 17.3 Å². The third-order valence-corrected chi connectivity index (χ3v) is 4.13. The molecule has 1 heterocycles. The van der Waals surface area contributed by atoms with Crippen molar-refractivity contribution in [3.8, 4) is 0 Å². The lowest BCUT2D eigenvalue weighted by Gasteiger charge is -2.16. The average molecular weight is 317 g/mol. The number of hydrogen-bond acceptors (Lipinski definition) is 4. The molecule has 0 saturated heterocycles. The van der Waals surface area contributed by atoms with Gasteiger partial charge in [-0.15, -0.1) is 11.8 Å². The molecule has 0 bridgehead atoms. The third-order valence-electron chi connectivity index (χ3n) is 2.87. The number of carbonyl (C=O) groups excluding carboxylic acids is 1. The van der Waals surface area contributed by atoms with E-state index in [1.807, 2.05) is 6.92 Å². The molecular weight excluding hydrogens is 303 g/mol. The lowest BCUT2D eigenvalue weighted by atomic mass is 10.1. The molecule has 2 unspecified atom stereocenters. The Morgan fingerprint density at radius 1 is 1.65 bits per heavy atom. The normalized spacial score (nSPS) is 21.7. The third kappa shape index (κ3) is 3.13. The number of halogens is 2. The van der Waals surface area contributed by atoms with Gasteiger partial charge in [0.2, 0.25) is 5.91 Å². The zero-order chi connectivity index (χ0) is 14.7. The van der Waals surface area contributed by atoms with E-state index in [4.69, 9.17) is 11.6 Å². The fourth-order valence-electron chi connectivity index (χ4n) is 1.93. The zero-order valence-electron chi connectivity index (χ0n) is 10.8. The molecule has 2 rings (SSSR count). The monoisotopic (exact) mass is 316 g/mol. The highest BCUT2D eigenvalue weighted by Crippen LogP contribution is 2.27. The molecule has 0 aliphatic carbocycles. The van der Waals surface area contributed by atoms with Crippen LogP contribution in [-0.4, -0.2) is 34.5 Å². The van der Waals surface area contributed by atoms with Crippen molar-refractivity contribution in [1.29, 1.82) is 0 Å². The number of aliphatic hydroxyl groups excluding tert-OH is 1. The summed E-state index contributed by atoms with van der Waals surface area (Å²) in [5.41, 5.74) is 0.00227. The Balaban J connectivity index is 2.15. The van der Waals surface area contributed by atoms with Crippen LogP contribution in [0.2, 0.25) is 5.02 Å². The molecule has 0 fully saturated rings. The Kier molecular flexibility index (Phi) is 5.01. The molecule has 108 valence electrons. The van der Waals surface area contributed by atoms with E-state index in [9.17, 15) is 14.3 Å². The smallest absolute Gasteiger partial charge is 0.236 e. The van der Waals surface area contributed by atoms with Gasteiger partial charge in [0.1, 0.15) is 5.92 Å². The number of rotatable bonds is 3. The number of hydrogen-bond donors (Lipinski definition) is 2. The molecule has 0 radical (unpaired) electrons. The van der Waals surface area contributed by atoms with E-state index in [0.717, 1.165) is 5.75 Å². The van der Waals surface area contributed by atoms with Crippen molar-refractivity contribution in [3.05, 3.63) is 29.0 Å². The predicted octanol–water partition coefficient (Wildman–Crippen LogP) is 2.56. The van der Waals surface area contributed by atoms with Gasteiger partial charge in [0.15, 0.2) is 5.82 Å². The second kappa shape index (κ2) is 6.56. The Morgan fingerprint density at radius 3 is 3.10 bits per heavy atom. The molecule has 0 aromatic heterocycles. The minimum Gasteiger partial charge on any atom is -0.390 e. The molecule has 1 aromatic rings. The van der Waals surface area contributed by atoms with Crippen molar-refractivity contribution < 1.29 is 14.3 Å². The molecule has 0 spiro atoms. The molecule has 20 heavy (non-hydrogen) atoms. The molecule has 4 nitrogen and oxygen atoms in total. The van der Waals surface area contributed by atoms with Crippen LogP contribution < -0.4 is 5.32 Å². The van der Waals surface area contributed by atoms with Crippen LogP contribution >= 0.6 is 23.4 Å². The quantitative estimate of drug-likeness (QED) is 0.901. The van der Waals surface area contributed by atoms with E-state index >= 15 is 0 Å². The van der Waals surface area contributed by atoms with Gasteiger partial charge < -0.3 is 10.4 Å². The van der Waals surface area contributed by atoms with E-state index < -0.39 is 23.7 Å². The van der Waals surface area contributed by atoms with Gasteiger partial charge in [-0.2, -0.15) is 0 Å². The molecule has 2 atom stereocenters. The van der Waals surface area contributed by atoms with Gasteiger partial charge in [-0.1, -0.05) is 24.6 Å². The summed E-state index contributed by atoms with van der Waals surface area (Å²) in [5.74, 6) is -1.16. The highest BCUT2D eigenvalue weighted by Gasteiger charge is 2.36. The average Bonchev–Trinajstić information content (AvgIpc) is 2.77. The second-order valence-electron chi connectivity index (χ2n) is 4.25. The standard InChI is InChI=1S/C13H14ClFN2O2S/c1-2-20-13-10(9(18)6-16-13)12(19)17-8-5-3-4-7(14)11(8)15/h3-5,9-10,18H,2,6H2,1H3,(H,17,19). The van der Waals surface area contributed by atoms with E-state index in [0.29, 0.717) is 5.04 Å². The summed E-state index contributed by atoms with van der Waals surface area (Å²) in [6.45, 7) is 2.13. The van der Waals surface area contributed by atoms with Crippen LogP contribution in [-0.2, 0) is 4.79 Å². The number of thioether (sulfide) groups is 1. The summed E-state index contributed by atoms with van der Waals surface area (Å²) in [5, 5.41) is 12.8. The zero-order valence-corrected chi connectivity index (χ0v) is 12.3. The van der Waals surface area contributed by atoms with Gasteiger partial charge in [0, 0.05) is 0 Å². The lowest BCUT2D eigenvalue weighted by Crippen LogP contribution is -2.35. The first-order chi connectivity index (χ1) is 9.54. The van der Waals surface area contributed by atoms with Crippen molar-refractivity contribution in [1.82, 2.24) is 0 Å². The van der Waals surface area contributed by atoms with Gasteiger partial charge in [-0.05, 0) is 17.9 Å². The summed E-state index contributed by atoms with van der Waals surface area (Å²) in [6.07, 6.45) is -0.869. The van der Waals surface area contributed by atoms with Crippen LogP contribution in [0.1, 0.15) is 6.92 Å². The minimum absolute atomic E-state index is 0.00227. The van der Waals surface area contributed by atoms with Gasteiger partial charge in [-0.3, -0.25) is 9.79 Å². The van der Waals surface area contributed by atoms with Crippen LogP contribution in [0.3, 0.4) is 0 Å². The Labute approximate surface area is 125 Å². The van der Waals surface area contributed by atoms with Crippen molar-refractivity contribution in [2.45, 2.75) is 13.0 Å². The van der Waals surface area contributed by atoms with E-state index in [1.54, 1.807) is 6.07 Å². The molecule has 7 heteroatoms. The first-order valence-corrected chi connectivity index (χ1v) is 7.51. The second-order valence-corrected chi connectivity index (χ2v) is 5.94. The van der Waals surface area contributed by atoms with Crippen molar-refractivity contribution in [2.24, 2.45) is 10.9 Å². The van der Waals surface area contributed by atoms with E-state index in [1.165, 1.54) is 23.9 Å². The number of amides is 1. The number of nitrogens with one attached hydrogen (secondary N) is 1. The summed E-state index contributed by atoms with van der Waals surface area (Å²) in [4.78, 5) is 16.3. The van der Waals surface area contributed by atoms with Crippen molar-refractivity contribution in [3.63, 3.8) is 0 Å². The molecule has 1 amide bonds. The summed E-state index contributed by atoms with van der Waals surface area (Å²) >= 11 is 7.07. The number of aliphatic hydroxyl groups is 1. The topological polar surface area (TPSA) is 61.7 Å². The SMILES string of the molecule is CCSC1=NCC(O)C1C(=O)Nc1cccc(Cl)c1F. The van der Waals surface area contributed by atoms with Crippen LogP contribution in [0, 0.1) is 11.7 Å². The first kappa shape index (κ1) is 15.3. The van der Waals surface area contributed by atoms with Gasteiger partial charge in [-0.25, -0.2) is 4.39 Å². The van der Waals surface area contributed by atoms with Gasteiger partial charge >= 0.3 is 0 Å². The molecule has 1 aliphatic rings. The van der Waals surface area contributed by atoms with E-state index in [2.05, 4.69) is 10.3 Å². The lowest BCUT2D eigenvalue weighted by molar-refractivity contribution is -0.120. The van der Waals surface area contributed by atoms with Crippen molar-refractivity contribution >= 4 is 40.0 Å². The molecule has 1 aliphatic heterocycles. The fraction of sp³-hybridized carbons (Fsp3) is 0.385. The minimum atomic E-state index is -0.869. The number of carbonyl (C=O) groups is 1. The highest BCUT2D eigenvalue weighted by molar-refractivity contribution is 8.14. The molecule has 0 saturated carbocycles. The first-order valence-electron chi connectivity index (χ1n) is 6.14. The summed E-state index contributed by atoms with van der Waals surface area (Å²) in [6, 6.07) is 4.36.